The van der Waals surface area contributed by atoms with Crippen molar-refractivity contribution in [3.8, 4) is 0 Å². The minimum atomic E-state index is -5.69. The van der Waals surface area contributed by atoms with Gasteiger partial charge in [0.1, 0.15) is 42.7 Å². The number of nitrogens with zero attached hydrogens (tertiary/aromatic N) is 3. The number of phosphoric acid groups is 2. The van der Waals surface area contributed by atoms with Gasteiger partial charge in [0.05, 0.1) is 15.9 Å². The number of H-pyrrole nitrogens is 1. The number of ether oxygens (including phenoxy) is 2. The fraction of sp³-hybridized carbons (Fsp3) is 0.852. The number of nitrogens with one attached hydrogen (secondary N) is 1. The van der Waals surface area contributed by atoms with Crippen LogP contribution in [0.15, 0.2) is 21.9 Å². The maximum absolute atomic E-state index is 12.2. The van der Waals surface area contributed by atoms with Gasteiger partial charge in [0, 0.05) is 12.3 Å². The largest absolute Gasteiger partial charge is 0.483 e. The number of hydrogen-bond donors (Lipinski definition) is 9. The van der Waals surface area contributed by atoms with Gasteiger partial charge >= 0.3 is 21.3 Å². The average Bonchev–Trinajstić information content (AvgIpc) is 3.49. The van der Waals surface area contributed by atoms with Crippen LogP contribution in [0.25, 0.3) is 0 Å². The van der Waals surface area contributed by atoms with Gasteiger partial charge in [0.15, 0.2) is 12.5 Å². The highest BCUT2D eigenvalue weighted by molar-refractivity contribution is 7.61. The van der Waals surface area contributed by atoms with E-state index in [1.807, 2.05) is 4.98 Å². The molecule has 0 radical (unpaired) electrons. The molecule has 294 valence electrons. The Balaban J connectivity index is 0.000000812. The van der Waals surface area contributed by atoms with E-state index in [0.717, 1.165) is 12.3 Å². The lowest BCUT2D eigenvalue weighted by Crippen LogP contribution is -2.40. The van der Waals surface area contributed by atoms with Gasteiger partial charge in [-0.05, 0) is 39.3 Å². The molecule has 23 heteroatoms. The zero-order valence-electron chi connectivity index (χ0n) is 30.8. The molecule has 0 amide bonds. The molecule has 9 N–H and O–H groups in total. The van der Waals surface area contributed by atoms with E-state index in [2.05, 4.69) is 64.7 Å². The highest BCUT2D eigenvalue weighted by Crippen LogP contribution is 2.61. The zero-order valence-corrected chi connectivity index (χ0v) is 30.6. The van der Waals surface area contributed by atoms with E-state index in [0.29, 0.717) is 4.57 Å². The normalized spacial score (nSPS) is 30.3. The second kappa shape index (κ2) is 21.9. The first-order valence-corrected chi connectivity index (χ1v) is 18.9. The maximum Gasteiger partial charge on any atom is 0.483 e. The first-order valence-electron chi connectivity index (χ1n) is 16.9. The van der Waals surface area contributed by atoms with E-state index >= 15 is 0 Å². The van der Waals surface area contributed by atoms with Crippen molar-refractivity contribution < 1.29 is 75.1 Å². The molecule has 0 saturated carbocycles. The second-order valence-electron chi connectivity index (χ2n) is 10.7. The number of phosphoric ester groups is 2. The van der Waals surface area contributed by atoms with Gasteiger partial charge in [0.25, 0.3) is 5.56 Å². The van der Waals surface area contributed by atoms with Gasteiger partial charge in [-0.1, -0.05) is 41.5 Å². The first-order chi connectivity index (χ1) is 24.0. The minimum absolute atomic E-state index is 0.702. The summed E-state index contributed by atoms with van der Waals surface area (Å²) in [6.07, 6.45) is -17.1. The number of aliphatic hydroxyl groups excluding tert-OH is 5. The summed E-state index contributed by atoms with van der Waals surface area (Å²) < 4.78 is 61.9. The van der Waals surface area contributed by atoms with Gasteiger partial charge in [0.2, 0.25) is 0 Å². The quantitative estimate of drug-likeness (QED) is 0.0813. The molecule has 0 aromatic carbocycles. The Morgan fingerprint density at radius 1 is 0.880 bits per heavy atom. The van der Waals surface area contributed by atoms with Crippen LogP contribution in [0.2, 0.25) is 0 Å². The molecular formula is C27H54N4O17P2. The zero-order chi connectivity index (χ0) is 40.2. The Hall–Kier alpha value is -1.46. The van der Waals surface area contributed by atoms with Crippen molar-refractivity contribution in [3.63, 3.8) is 0 Å². The van der Waals surface area contributed by atoms with Gasteiger partial charge in [-0.15, -0.1) is 0 Å². The average molecular weight is 773 g/mol. The minimum Gasteiger partial charge on any atom is -0.394 e. The highest BCUT2D eigenvalue weighted by atomic mass is 31.3. The van der Waals surface area contributed by atoms with Crippen LogP contribution in [0.3, 0.4) is 0 Å². The van der Waals surface area contributed by atoms with Crippen molar-refractivity contribution in [1.29, 1.82) is 0 Å². The van der Waals surface area contributed by atoms with Crippen LogP contribution in [0, 0.1) is 0 Å². The van der Waals surface area contributed by atoms with E-state index in [4.69, 9.17) is 12.2 Å². The summed E-state index contributed by atoms with van der Waals surface area (Å²) in [5, 5.41) is 58.9. The Morgan fingerprint density at radius 3 is 1.84 bits per heavy atom. The van der Waals surface area contributed by atoms with Gasteiger partial charge < -0.3 is 59.7 Å². The van der Waals surface area contributed by atoms with Crippen LogP contribution in [0.5, 0.6) is 0 Å². The summed E-state index contributed by atoms with van der Waals surface area (Å²) >= 11 is 0. The lowest BCUT2D eigenvalue weighted by atomic mass is 10.1. The van der Waals surface area contributed by atoms with Crippen LogP contribution in [-0.4, -0.2) is 161 Å². The fourth-order valence-electron chi connectivity index (χ4n) is 4.63. The van der Waals surface area contributed by atoms with Crippen molar-refractivity contribution in [2.45, 2.75) is 96.8 Å². The first kappa shape index (κ1) is 42.9. The summed E-state index contributed by atoms with van der Waals surface area (Å²) in [7, 11) is -11.2. The summed E-state index contributed by atoms with van der Waals surface area (Å²) in [5.74, 6) is 0. The van der Waals surface area contributed by atoms with Gasteiger partial charge in [-0.3, -0.25) is 23.4 Å². The molecular weight excluding hydrogens is 714 g/mol. The lowest BCUT2D eigenvalue weighted by molar-refractivity contribution is -0.144. The molecule has 0 aliphatic carbocycles. The fourth-order valence-corrected chi connectivity index (χ4v) is 6.79. The highest BCUT2D eigenvalue weighted by Gasteiger charge is 2.51. The molecule has 0 spiro atoms. The van der Waals surface area contributed by atoms with E-state index in [1.54, 1.807) is 0 Å². The molecule has 2 unspecified atom stereocenters. The summed E-state index contributed by atoms with van der Waals surface area (Å²) in [6, 6.07) is 0.912. The molecule has 2 aliphatic heterocycles. The van der Waals surface area contributed by atoms with Crippen LogP contribution in [-0.2, 0) is 32.0 Å². The molecule has 3 rings (SSSR count). The smallest absolute Gasteiger partial charge is 0.394 e. The summed E-state index contributed by atoms with van der Waals surface area (Å²) in [4.78, 5) is 49.3. The van der Waals surface area contributed by atoms with Crippen LogP contribution < -0.4 is 11.2 Å². The Bertz CT molecular complexity index is 1390. The van der Waals surface area contributed by atoms with Crippen LogP contribution in [0.1, 0.15) is 50.5 Å². The molecule has 1 aromatic rings. The molecule has 50 heavy (non-hydrogen) atoms. The predicted molar refractivity (Wildman–Crippen MR) is 176 cm³/mol. The number of aromatic amines is 1. The van der Waals surface area contributed by atoms with Crippen LogP contribution in [0.4, 0.5) is 0 Å². The van der Waals surface area contributed by atoms with Crippen molar-refractivity contribution in [3.05, 3.63) is 33.1 Å². The third-order valence-corrected chi connectivity index (χ3v) is 10.3. The Morgan fingerprint density at radius 2 is 1.40 bits per heavy atom. The maximum atomic E-state index is 12.2. The molecule has 21 nitrogen and oxygen atoms in total. The van der Waals surface area contributed by atoms with E-state index in [-0.39, 0.29) is 0 Å². The lowest BCUT2D eigenvalue weighted by Gasteiger charge is -2.22. The molecule has 2 aliphatic rings. The molecule has 3 heterocycles. The van der Waals surface area contributed by atoms with Gasteiger partial charge in [-0.2, -0.15) is 4.31 Å². The van der Waals surface area contributed by atoms with Crippen molar-refractivity contribution in [2.24, 2.45) is 0 Å². The number of aliphatic hydroxyl groups is 6. The molecule has 1 aromatic heterocycles. The van der Waals surface area contributed by atoms with E-state index < -0.39 is 95.3 Å². The Kier molecular flexibility index (Phi) is 18.8. The molecule has 11 atom stereocenters. The Labute approximate surface area is 292 Å². The summed E-state index contributed by atoms with van der Waals surface area (Å²) in [6.45, 7) is 15.8. The third kappa shape index (κ3) is 14.2. The van der Waals surface area contributed by atoms with E-state index in [1.165, 1.54) is 39.3 Å². The summed E-state index contributed by atoms with van der Waals surface area (Å²) in [5.41, 5.74) is -1.78. The molecule has 0 bridgehead atoms. The number of hydrogen-bond acceptors (Lipinski definition) is 17. The number of aromatic nitrogens is 2. The number of rotatable bonds is 16. The standard InChI is InChI=1S/C15H24N2O17P2.2C6H15N/c18-3-5(19)12-9(22)11(24)14(32-12)33-36(28,29)34-35(26,27)30-4-6-8(21)10(23)13(31-6)17-2-1-7(20)16-15(17)25;2*1-4-7(5-2)6-3/h1-2,5-6,8-14,18-19,21-24H,3-4H2,(H,26,27)(H,28,29)(H,16,20,25);2*4-6H2,1-3H3/t5-,6-,8-,9-,10-,11-,12+,13-,14-;;/m1../s1/i3T2;;. The van der Waals surface area contributed by atoms with Crippen LogP contribution >= 0.6 is 15.6 Å². The molecule has 2 saturated heterocycles. The van der Waals surface area contributed by atoms with Crippen molar-refractivity contribution in [2.75, 3.05) is 52.4 Å². The SMILES string of the molecule is CCN(CC)CC.CCN(CC)CC.[3H]C([3H])(O)[C@@H](O)[C@@H]1O[C@H](OP(=O)(O)OP(=O)(O)OC[C@H]2O[C@@H](n3ccc(=O)[nH]c3=O)[C@H](O)[C@@H]2O)[C@H](O)[C@H]1O. The van der Waals surface area contributed by atoms with Crippen molar-refractivity contribution in [1.82, 2.24) is 19.4 Å². The monoisotopic (exact) mass is 772 g/mol. The van der Waals surface area contributed by atoms with Crippen molar-refractivity contribution >= 4 is 15.6 Å². The van der Waals surface area contributed by atoms with E-state index in [9.17, 15) is 59.1 Å². The topological polar surface area (TPSA) is 303 Å². The van der Waals surface area contributed by atoms with Gasteiger partial charge in [-0.25, -0.2) is 13.9 Å². The second-order valence-corrected chi connectivity index (χ2v) is 13.7. The molecule has 2 fully saturated rings. The third-order valence-electron chi connectivity index (χ3n) is 7.69. The predicted octanol–water partition coefficient (Wildman–Crippen LogP) is -2.10.